The lowest BCUT2D eigenvalue weighted by Gasteiger charge is -2.20. The molecule has 0 unspecified atom stereocenters. The largest absolute Gasteiger partial charge is 0.452 e. The van der Waals surface area contributed by atoms with Crippen LogP contribution in [-0.2, 0) is 14.3 Å². The van der Waals surface area contributed by atoms with Gasteiger partial charge in [0.2, 0.25) is 0 Å². The van der Waals surface area contributed by atoms with E-state index in [-0.39, 0.29) is 0 Å². The van der Waals surface area contributed by atoms with Crippen LogP contribution in [0.15, 0.2) is 78.9 Å². The van der Waals surface area contributed by atoms with Crippen molar-refractivity contribution in [3.63, 3.8) is 0 Å². The molecule has 0 aliphatic heterocycles. The molecule has 0 bridgehead atoms. The number of carbonyl (C=O) groups excluding carboxylic acids is 2. The number of hydrogen-bond acceptors (Lipinski definition) is 3. The van der Waals surface area contributed by atoms with Gasteiger partial charge in [0.05, 0.1) is 10.7 Å². The Balaban J connectivity index is 1.76. The summed E-state index contributed by atoms with van der Waals surface area (Å²) in [5.41, 5.74) is 1.97. The number of anilines is 1. The molecule has 0 saturated heterocycles. The first-order valence-corrected chi connectivity index (χ1v) is 9.77. The van der Waals surface area contributed by atoms with Gasteiger partial charge in [-0.25, -0.2) is 0 Å². The fourth-order valence-corrected chi connectivity index (χ4v) is 3.33. The van der Waals surface area contributed by atoms with Crippen molar-refractivity contribution in [2.45, 2.75) is 18.9 Å². The molecular weight excluding hydrogens is 409 g/mol. The zero-order valence-corrected chi connectivity index (χ0v) is 17.2. The fraction of sp³-hybridized carbons (Fsp3) is 0.130. The minimum absolute atomic E-state index is 0.302. The second-order valence-corrected chi connectivity index (χ2v) is 7.29. The van der Waals surface area contributed by atoms with Crippen molar-refractivity contribution in [3.8, 4) is 0 Å². The van der Waals surface area contributed by atoms with Gasteiger partial charge in [0, 0.05) is 5.02 Å². The maximum atomic E-state index is 13.0. The molecule has 1 N–H and O–H groups in total. The van der Waals surface area contributed by atoms with E-state index in [9.17, 15) is 9.59 Å². The van der Waals surface area contributed by atoms with Gasteiger partial charge in [-0.05, 0) is 36.2 Å². The van der Waals surface area contributed by atoms with E-state index in [1.54, 1.807) is 12.1 Å². The minimum Gasteiger partial charge on any atom is -0.452 e. The minimum atomic E-state index is -1.01. The van der Waals surface area contributed by atoms with Gasteiger partial charge >= 0.3 is 5.97 Å². The highest BCUT2D eigenvalue weighted by Gasteiger charge is 2.28. The van der Waals surface area contributed by atoms with Crippen LogP contribution in [0.3, 0.4) is 0 Å². The molecule has 29 heavy (non-hydrogen) atoms. The second kappa shape index (κ2) is 9.59. The van der Waals surface area contributed by atoms with Crippen LogP contribution in [0, 0.1) is 0 Å². The first kappa shape index (κ1) is 20.9. The fourth-order valence-electron chi connectivity index (χ4n) is 2.88. The summed E-state index contributed by atoms with van der Waals surface area (Å²) in [4.78, 5) is 25.5. The van der Waals surface area contributed by atoms with Gasteiger partial charge in [0.1, 0.15) is 5.92 Å². The molecule has 0 radical (unpaired) electrons. The molecule has 1 amide bonds. The summed E-state index contributed by atoms with van der Waals surface area (Å²) >= 11 is 12.0. The lowest BCUT2D eigenvalue weighted by molar-refractivity contribution is -0.153. The lowest BCUT2D eigenvalue weighted by Crippen LogP contribution is -2.32. The number of hydrogen-bond donors (Lipinski definition) is 1. The van der Waals surface area contributed by atoms with E-state index in [0.29, 0.717) is 15.7 Å². The molecule has 0 heterocycles. The highest BCUT2D eigenvalue weighted by molar-refractivity contribution is 6.36. The third-order valence-corrected chi connectivity index (χ3v) is 4.90. The monoisotopic (exact) mass is 427 g/mol. The molecule has 6 heteroatoms. The van der Waals surface area contributed by atoms with Crippen LogP contribution < -0.4 is 5.32 Å². The Morgan fingerprint density at radius 3 is 1.93 bits per heavy atom. The van der Waals surface area contributed by atoms with Crippen molar-refractivity contribution in [2.75, 3.05) is 5.32 Å². The Morgan fingerprint density at radius 1 is 0.862 bits per heavy atom. The van der Waals surface area contributed by atoms with Crippen molar-refractivity contribution in [1.29, 1.82) is 0 Å². The van der Waals surface area contributed by atoms with E-state index in [1.807, 2.05) is 60.7 Å². The molecule has 1 atom stereocenters. The molecule has 148 valence electrons. The average Bonchev–Trinajstić information content (AvgIpc) is 2.71. The number of halogens is 2. The Labute approximate surface area is 179 Å². The number of carbonyl (C=O) groups is 2. The maximum Gasteiger partial charge on any atom is 0.318 e. The van der Waals surface area contributed by atoms with Gasteiger partial charge in [-0.15, -0.1) is 0 Å². The van der Waals surface area contributed by atoms with Crippen molar-refractivity contribution in [2.24, 2.45) is 0 Å². The van der Waals surface area contributed by atoms with Gasteiger partial charge in [-0.2, -0.15) is 0 Å². The lowest BCUT2D eigenvalue weighted by atomic mass is 9.91. The quantitative estimate of drug-likeness (QED) is 0.513. The topological polar surface area (TPSA) is 55.4 Å². The summed E-state index contributed by atoms with van der Waals surface area (Å²) < 4.78 is 5.50. The summed E-state index contributed by atoms with van der Waals surface area (Å²) in [6.45, 7) is 1.52. The van der Waals surface area contributed by atoms with E-state index in [0.717, 1.165) is 11.1 Å². The van der Waals surface area contributed by atoms with Gasteiger partial charge in [0.15, 0.2) is 6.10 Å². The Bertz CT molecular complexity index is 954. The molecule has 4 nitrogen and oxygen atoms in total. The zero-order valence-electron chi connectivity index (χ0n) is 15.6. The van der Waals surface area contributed by atoms with Crippen molar-refractivity contribution >= 4 is 40.8 Å². The standard InChI is InChI=1S/C23H19Cl2NO3/c1-15(22(27)26-20-13-12-18(24)14-19(20)25)29-23(28)21(16-8-4-2-5-9-16)17-10-6-3-7-11-17/h2-15,21H,1H3,(H,26,27)/t15-/m0/s1. The van der Waals surface area contributed by atoms with Gasteiger partial charge < -0.3 is 10.1 Å². The number of ether oxygens (including phenoxy) is 1. The zero-order chi connectivity index (χ0) is 20.8. The first-order valence-electron chi connectivity index (χ1n) is 9.02. The molecule has 0 fully saturated rings. The Hall–Kier alpha value is -2.82. The van der Waals surface area contributed by atoms with Crippen LogP contribution in [0.25, 0.3) is 0 Å². The normalized spacial score (nSPS) is 11.7. The van der Waals surface area contributed by atoms with E-state index in [1.165, 1.54) is 13.0 Å². The Kier molecular flexibility index (Phi) is 6.91. The van der Waals surface area contributed by atoms with Gasteiger partial charge in [0.25, 0.3) is 5.91 Å². The molecule has 0 aliphatic carbocycles. The summed E-state index contributed by atoms with van der Waals surface area (Å²) in [7, 11) is 0. The van der Waals surface area contributed by atoms with Crippen LogP contribution in [0.2, 0.25) is 10.0 Å². The number of amides is 1. The number of benzene rings is 3. The summed E-state index contributed by atoms with van der Waals surface area (Å²) in [5.74, 6) is -1.62. The van der Waals surface area contributed by atoms with Crippen molar-refractivity contribution < 1.29 is 14.3 Å². The maximum absolute atomic E-state index is 13.0. The van der Waals surface area contributed by atoms with Crippen LogP contribution >= 0.6 is 23.2 Å². The van der Waals surface area contributed by atoms with Crippen molar-refractivity contribution in [3.05, 3.63) is 100 Å². The van der Waals surface area contributed by atoms with E-state index < -0.39 is 23.9 Å². The number of esters is 1. The Morgan fingerprint density at radius 2 is 1.41 bits per heavy atom. The summed E-state index contributed by atoms with van der Waals surface area (Å²) in [6, 6.07) is 23.3. The molecule has 3 aromatic carbocycles. The van der Waals surface area contributed by atoms with E-state index >= 15 is 0 Å². The SMILES string of the molecule is C[C@H](OC(=O)C(c1ccccc1)c1ccccc1)C(=O)Nc1ccc(Cl)cc1Cl. The molecule has 0 saturated carbocycles. The van der Waals surface area contributed by atoms with Crippen LogP contribution in [-0.4, -0.2) is 18.0 Å². The molecular formula is C23H19Cl2NO3. The highest BCUT2D eigenvalue weighted by atomic mass is 35.5. The van der Waals surface area contributed by atoms with E-state index in [4.69, 9.17) is 27.9 Å². The number of rotatable bonds is 6. The van der Waals surface area contributed by atoms with Crippen LogP contribution in [0.1, 0.15) is 24.0 Å². The highest BCUT2D eigenvalue weighted by Crippen LogP contribution is 2.28. The second-order valence-electron chi connectivity index (χ2n) is 6.45. The molecule has 3 rings (SSSR count). The number of nitrogens with one attached hydrogen (secondary N) is 1. The predicted octanol–water partition coefficient (Wildman–Crippen LogP) is 5.70. The van der Waals surface area contributed by atoms with Gasteiger partial charge in [-0.3, -0.25) is 9.59 Å². The summed E-state index contributed by atoms with van der Waals surface area (Å²) in [6.07, 6.45) is -1.01. The molecule has 0 aliphatic rings. The molecule has 0 spiro atoms. The molecule has 0 aromatic heterocycles. The smallest absolute Gasteiger partial charge is 0.318 e. The van der Waals surface area contributed by atoms with Crippen LogP contribution in [0.5, 0.6) is 0 Å². The summed E-state index contributed by atoms with van der Waals surface area (Å²) in [5, 5.41) is 3.42. The van der Waals surface area contributed by atoms with E-state index in [2.05, 4.69) is 5.32 Å². The predicted molar refractivity (Wildman–Crippen MR) is 115 cm³/mol. The first-order chi connectivity index (χ1) is 14.0. The van der Waals surface area contributed by atoms with Crippen molar-refractivity contribution in [1.82, 2.24) is 0 Å². The third kappa shape index (κ3) is 5.37. The van der Waals surface area contributed by atoms with Gasteiger partial charge in [-0.1, -0.05) is 83.9 Å². The van der Waals surface area contributed by atoms with Crippen LogP contribution in [0.4, 0.5) is 5.69 Å². The average molecular weight is 428 g/mol. The third-order valence-electron chi connectivity index (χ3n) is 4.35. The molecule has 3 aromatic rings.